The van der Waals surface area contributed by atoms with Crippen LogP contribution < -0.4 is 5.56 Å². The van der Waals surface area contributed by atoms with Crippen LogP contribution in [0.15, 0.2) is 53.3 Å². The van der Waals surface area contributed by atoms with Crippen molar-refractivity contribution in [1.29, 1.82) is 0 Å². The minimum atomic E-state index is -0.908. The lowest BCUT2D eigenvalue weighted by Crippen LogP contribution is -2.24. The first-order chi connectivity index (χ1) is 13.0. The van der Waals surface area contributed by atoms with Crippen LogP contribution in [0.4, 0.5) is 0 Å². The van der Waals surface area contributed by atoms with Crippen LogP contribution in [0.5, 0.6) is 0 Å². The first-order valence-corrected chi connectivity index (χ1v) is 8.88. The number of Topliss-reactive ketones (excluding diaryl/α,β-unsaturated/α-hetero) is 1. The van der Waals surface area contributed by atoms with Gasteiger partial charge in [-0.1, -0.05) is 30.3 Å². The highest BCUT2D eigenvalue weighted by molar-refractivity contribution is 6.02. The maximum Gasteiger partial charge on any atom is 0.338 e. The van der Waals surface area contributed by atoms with Crippen molar-refractivity contribution < 1.29 is 14.3 Å². The summed E-state index contributed by atoms with van der Waals surface area (Å²) in [5.41, 5.74) is 1.15. The number of carbonyl (C=O) groups excluding carboxylic acids is 2. The van der Waals surface area contributed by atoms with Crippen LogP contribution in [0, 0.1) is 0 Å². The topological polar surface area (TPSA) is 78.3 Å². The van der Waals surface area contributed by atoms with Gasteiger partial charge in [0.15, 0.2) is 6.10 Å². The molecule has 136 valence electrons. The molecule has 0 unspecified atom stereocenters. The van der Waals surface area contributed by atoms with Crippen LogP contribution in [-0.2, 0) is 17.7 Å². The molecule has 1 aromatic heterocycles. The Hall–Kier alpha value is -3.28. The Morgan fingerprint density at radius 1 is 1.11 bits per heavy atom. The minimum absolute atomic E-state index is 0.0833. The summed E-state index contributed by atoms with van der Waals surface area (Å²) in [5.74, 6) is -0.138. The Morgan fingerprint density at radius 2 is 1.89 bits per heavy atom. The number of benzene rings is 2. The van der Waals surface area contributed by atoms with Gasteiger partial charge in [-0.3, -0.25) is 14.2 Å². The molecular formula is C21H18N2O4. The third-order valence-electron chi connectivity index (χ3n) is 4.76. The molecule has 1 aliphatic heterocycles. The lowest BCUT2D eigenvalue weighted by molar-refractivity contribution is 0.0319. The Kier molecular flexibility index (Phi) is 4.32. The van der Waals surface area contributed by atoms with E-state index in [2.05, 4.69) is 4.98 Å². The van der Waals surface area contributed by atoms with Crippen molar-refractivity contribution in [3.63, 3.8) is 0 Å². The summed E-state index contributed by atoms with van der Waals surface area (Å²) < 4.78 is 7.01. The summed E-state index contributed by atoms with van der Waals surface area (Å²) in [5, 5.41) is 0.477. The molecule has 0 aliphatic carbocycles. The molecule has 0 saturated carbocycles. The maximum atomic E-state index is 12.5. The van der Waals surface area contributed by atoms with Crippen molar-refractivity contribution in [2.45, 2.75) is 32.4 Å². The molecule has 27 heavy (non-hydrogen) atoms. The van der Waals surface area contributed by atoms with Crippen molar-refractivity contribution in [2.75, 3.05) is 0 Å². The van der Waals surface area contributed by atoms with E-state index in [1.807, 2.05) is 6.07 Å². The third kappa shape index (κ3) is 3.14. The number of esters is 1. The van der Waals surface area contributed by atoms with Crippen LogP contribution in [0.2, 0.25) is 0 Å². The van der Waals surface area contributed by atoms with Gasteiger partial charge in [0, 0.05) is 18.5 Å². The van der Waals surface area contributed by atoms with Gasteiger partial charge in [0.1, 0.15) is 5.82 Å². The molecule has 0 saturated heterocycles. The molecule has 0 fully saturated rings. The molecule has 2 heterocycles. The first-order valence-electron chi connectivity index (χ1n) is 8.88. The van der Waals surface area contributed by atoms with E-state index >= 15 is 0 Å². The number of aromatic nitrogens is 2. The van der Waals surface area contributed by atoms with Crippen LogP contribution in [0.25, 0.3) is 10.9 Å². The number of fused-ring (bicyclic) bond motifs is 2. The fourth-order valence-electron chi connectivity index (χ4n) is 3.33. The van der Waals surface area contributed by atoms with Gasteiger partial charge in [0.05, 0.1) is 16.5 Å². The normalized spacial score (nSPS) is 14.0. The van der Waals surface area contributed by atoms with E-state index in [0.29, 0.717) is 23.0 Å². The number of ketones is 1. The molecule has 0 N–H and O–H groups in total. The highest BCUT2D eigenvalue weighted by Gasteiger charge is 2.21. The number of ether oxygens (including phenoxy) is 1. The van der Waals surface area contributed by atoms with E-state index in [1.54, 1.807) is 47.9 Å². The average Bonchev–Trinajstić information content (AvgIpc) is 3.16. The zero-order valence-corrected chi connectivity index (χ0v) is 14.8. The number of hydrogen-bond donors (Lipinski definition) is 0. The smallest absolute Gasteiger partial charge is 0.338 e. The van der Waals surface area contributed by atoms with Gasteiger partial charge in [0.25, 0.3) is 5.56 Å². The molecule has 1 aliphatic rings. The summed E-state index contributed by atoms with van der Waals surface area (Å²) in [7, 11) is 0. The lowest BCUT2D eigenvalue weighted by atomic mass is 10.1. The number of carbonyl (C=O) groups is 2. The summed E-state index contributed by atoms with van der Waals surface area (Å²) in [6.07, 6.45) is 0.740. The summed E-state index contributed by atoms with van der Waals surface area (Å²) in [6.45, 7) is 2.23. The number of nitrogens with zero attached hydrogens (tertiary/aromatic N) is 2. The Labute approximate surface area is 155 Å². The highest BCUT2D eigenvalue weighted by atomic mass is 16.5. The van der Waals surface area contributed by atoms with Gasteiger partial charge >= 0.3 is 5.97 Å². The molecule has 3 aromatic rings. The quantitative estimate of drug-likeness (QED) is 0.527. The van der Waals surface area contributed by atoms with Crippen molar-refractivity contribution in [3.05, 3.63) is 75.8 Å². The van der Waals surface area contributed by atoms with E-state index in [-0.39, 0.29) is 16.9 Å². The fraction of sp³-hybridized carbons (Fsp3) is 0.238. The Balaban J connectivity index is 1.59. The van der Waals surface area contributed by atoms with Crippen molar-refractivity contribution >= 4 is 22.7 Å². The molecule has 0 radical (unpaired) electrons. The van der Waals surface area contributed by atoms with Gasteiger partial charge in [0.2, 0.25) is 5.78 Å². The summed E-state index contributed by atoms with van der Waals surface area (Å²) in [4.78, 5) is 41.8. The monoisotopic (exact) mass is 362 g/mol. The van der Waals surface area contributed by atoms with Gasteiger partial charge < -0.3 is 4.74 Å². The summed E-state index contributed by atoms with van der Waals surface area (Å²) >= 11 is 0. The minimum Gasteiger partial charge on any atom is -0.451 e. The van der Waals surface area contributed by atoms with Crippen LogP contribution >= 0.6 is 0 Å². The van der Waals surface area contributed by atoms with Crippen molar-refractivity contribution in [3.8, 4) is 0 Å². The highest BCUT2D eigenvalue weighted by Crippen LogP contribution is 2.17. The predicted molar refractivity (Wildman–Crippen MR) is 100.0 cm³/mol. The van der Waals surface area contributed by atoms with Gasteiger partial charge in [-0.05, 0) is 31.5 Å². The van der Waals surface area contributed by atoms with Crippen LogP contribution in [0.1, 0.15) is 39.9 Å². The number of hydrogen-bond acceptors (Lipinski definition) is 5. The zero-order valence-electron chi connectivity index (χ0n) is 14.8. The zero-order chi connectivity index (χ0) is 19.0. The average molecular weight is 362 g/mol. The molecule has 1 atom stereocenters. The summed E-state index contributed by atoms with van der Waals surface area (Å²) in [6, 6.07) is 13.4. The van der Waals surface area contributed by atoms with E-state index in [1.165, 1.54) is 6.07 Å². The largest absolute Gasteiger partial charge is 0.451 e. The number of aryl methyl sites for hydroxylation is 1. The fourth-order valence-corrected chi connectivity index (χ4v) is 3.33. The molecule has 2 aromatic carbocycles. The SMILES string of the molecule is C[C@@H](OC(=O)c1ccc2c(=O)n3c(nc2c1)CCC3)C(=O)c1ccccc1. The lowest BCUT2D eigenvalue weighted by Gasteiger charge is -2.13. The first kappa shape index (κ1) is 17.1. The maximum absolute atomic E-state index is 12.5. The second kappa shape index (κ2) is 6.79. The molecule has 0 bridgehead atoms. The molecule has 0 spiro atoms. The van der Waals surface area contributed by atoms with Crippen LogP contribution in [-0.4, -0.2) is 27.4 Å². The van der Waals surface area contributed by atoms with Gasteiger partial charge in [-0.25, -0.2) is 9.78 Å². The molecule has 0 amide bonds. The second-order valence-electron chi connectivity index (χ2n) is 6.60. The standard InChI is InChI=1S/C21H18N2O4/c1-13(19(24)14-6-3-2-4-7-14)27-21(26)15-9-10-16-17(12-15)22-18-8-5-11-23(18)20(16)25/h2-4,6-7,9-10,12-13H,5,8,11H2,1H3/t13-/m1/s1. The Bertz CT molecular complexity index is 1100. The van der Waals surface area contributed by atoms with E-state index < -0.39 is 12.1 Å². The van der Waals surface area contributed by atoms with Gasteiger partial charge in [-0.2, -0.15) is 0 Å². The molecule has 6 nitrogen and oxygen atoms in total. The van der Waals surface area contributed by atoms with E-state index in [0.717, 1.165) is 18.7 Å². The van der Waals surface area contributed by atoms with Crippen molar-refractivity contribution in [2.24, 2.45) is 0 Å². The second-order valence-corrected chi connectivity index (χ2v) is 6.60. The van der Waals surface area contributed by atoms with Crippen LogP contribution in [0.3, 0.4) is 0 Å². The third-order valence-corrected chi connectivity index (χ3v) is 4.76. The van der Waals surface area contributed by atoms with Crippen molar-refractivity contribution in [1.82, 2.24) is 9.55 Å². The van der Waals surface area contributed by atoms with Gasteiger partial charge in [-0.15, -0.1) is 0 Å². The Morgan fingerprint density at radius 3 is 2.67 bits per heavy atom. The molecule has 4 rings (SSSR count). The number of rotatable bonds is 4. The predicted octanol–water partition coefficient (Wildman–Crippen LogP) is 2.77. The molecule has 6 heteroatoms. The van der Waals surface area contributed by atoms with E-state index in [4.69, 9.17) is 4.74 Å². The van der Waals surface area contributed by atoms with E-state index in [9.17, 15) is 14.4 Å². The molecular weight excluding hydrogens is 344 g/mol.